The first kappa shape index (κ1) is 11.7. The van der Waals surface area contributed by atoms with Gasteiger partial charge in [-0.3, -0.25) is 0 Å². The lowest BCUT2D eigenvalue weighted by atomic mass is 10.0. The third kappa shape index (κ3) is 2.87. The van der Waals surface area contributed by atoms with Crippen molar-refractivity contribution in [2.75, 3.05) is 0 Å². The number of hydrogen-bond donors (Lipinski definition) is 0. The molecule has 0 aliphatic heterocycles. The fraction of sp³-hybridized carbons (Fsp3) is 0.143. The van der Waals surface area contributed by atoms with Gasteiger partial charge in [-0.1, -0.05) is 57.4 Å². The first-order chi connectivity index (χ1) is 7.65. The van der Waals surface area contributed by atoms with E-state index in [1.54, 1.807) is 0 Å². The molecule has 2 aromatic carbocycles. The summed E-state index contributed by atoms with van der Waals surface area (Å²) in [5.74, 6) is 0. The van der Waals surface area contributed by atoms with Crippen molar-refractivity contribution in [3.8, 4) is 0 Å². The summed E-state index contributed by atoms with van der Waals surface area (Å²) >= 11 is 9.62. The molecule has 0 aliphatic carbocycles. The number of rotatable bonds is 2. The van der Waals surface area contributed by atoms with Gasteiger partial charge < -0.3 is 0 Å². The molecule has 0 nitrogen and oxygen atoms in total. The maximum absolute atomic E-state index is 6.16. The van der Waals surface area contributed by atoms with Crippen LogP contribution in [-0.2, 0) is 6.42 Å². The van der Waals surface area contributed by atoms with Crippen molar-refractivity contribution in [1.29, 1.82) is 0 Å². The van der Waals surface area contributed by atoms with Crippen LogP contribution in [0.25, 0.3) is 0 Å². The number of hydrogen-bond acceptors (Lipinski definition) is 0. The van der Waals surface area contributed by atoms with Crippen LogP contribution in [-0.4, -0.2) is 0 Å². The second-order valence-electron chi connectivity index (χ2n) is 3.90. The van der Waals surface area contributed by atoms with E-state index in [1.807, 2.05) is 12.1 Å². The fourth-order valence-corrected chi connectivity index (χ4v) is 2.20. The second-order valence-corrected chi connectivity index (χ2v) is 5.22. The lowest BCUT2D eigenvalue weighted by molar-refractivity contribution is 1.18. The van der Waals surface area contributed by atoms with Crippen LogP contribution >= 0.6 is 27.5 Å². The minimum Gasteiger partial charge on any atom is -0.0840 e. The zero-order valence-corrected chi connectivity index (χ0v) is 11.3. The van der Waals surface area contributed by atoms with Crippen LogP contribution in [0.1, 0.15) is 16.7 Å². The minimum atomic E-state index is 0.823. The summed E-state index contributed by atoms with van der Waals surface area (Å²) in [5, 5.41) is 0.823. The average molecular weight is 296 g/mol. The van der Waals surface area contributed by atoms with Gasteiger partial charge in [0.2, 0.25) is 0 Å². The molecule has 0 atom stereocenters. The Kier molecular flexibility index (Phi) is 3.67. The summed E-state index contributed by atoms with van der Waals surface area (Å²) in [6, 6.07) is 14.5. The molecule has 0 radical (unpaired) electrons. The van der Waals surface area contributed by atoms with Crippen molar-refractivity contribution < 1.29 is 0 Å². The van der Waals surface area contributed by atoms with Crippen LogP contribution in [0.3, 0.4) is 0 Å². The topological polar surface area (TPSA) is 0 Å². The van der Waals surface area contributed by atoms with Crippen LogP contribution in [0.2, 0.25) is 5.02 Å². The van der Waals surface area contributed by atoms with Crippen LogP contribution in [0.5, 0.6) is 0 Å². The lowest BCUT2D eigenvalue weighted by Crippen LogP contribution is -1.89. The zero-order valence-electron chi connectivity index (χ0n) is 9.00. The molecular formula is C14H12BrCl. The molecule has 0 heterocycles. The summed E-state index contributed by atoms with van der Waals surface area (Å²) in [7, 11) is 0. The van der Waals surface area contributed by atoms with Crippen LogP contribution in [0, 0.1) is 6.92 Å². The molecule has 2 heteroatoms. The normalized spacial score (nSPS) is 10.4. The summed E-state index contributed by atoms with van der Waals surface area (Å²) < 4.78 is 1.07. The standard InChI is InChI=1S/C14H12BrCl/c1-10-2-4-11(5-3-10)8-12-9-13(15)6-7-14(12)16/h2-7,9H,8H2,1H3. The summed E-state index contributed by atoms with van der Waals surface area (Å²) in [6.45, 7) is 2.09. The second kappa shape index (κ2) is 5.03. The molecule has 0 saturated heterocycles. The van der Waals surface area contributed by atoms with Crippen LogP contribution < -0.4 is 0 Å². The SMILES string of the molecule is Cc1ccc(Cc2cc(Br)ccc2Cl)cc1. The van der Waals surface area contributed by atoms with Crippen molar-refractivity contribution in [2.24, 2.45) is 0 Å². The van der Waals surface area contributed by atoms with E-state index in [2.05, 4.69) is 53.2 Å². The molecule has 0 fully saturated rings. The first-order valence-corrected chi connectivity index (χ1v) is 6.32. The van der Waals surface area contributed by atoms with Crippen molar-refractivity contribution in [3.05, 3.63) is 68.7 Å². The number of halogens is 2. The van der Waals surface area contributed by atoms with Crippen molar-refractivity contribution in [2.45, 2.75) is 13.3 Å². The van der Waals surface area contributed by atoms with Gasteiger partial charge in [0.25, 0.3) is 0 Å². The monoisotopic (exact) mass is 294 g/mol. The molecular weight excluding hydrogens is 284 g/mol. The van der Waals surface area contributed by atoms with Gasteiger partial charge in [0.05, 0.1) is 0 Å². The van der Waals surface area contributed by atoms with Gasteiger partial charge in [-0.05, 0) is 42.7 Å². The maximum Gasteiger partial charge on any atom is 0.0442 e. The molecule has 0 saturated carbocycles. The Hall–Kier alpha value is -0.790. The molecule has 0 amide bonds. The first-order valence-electron chi connectivity index (χ1n) is 5.14. The van der Waals surface area contributed by atoms with Gasteiger partial charge in [-0.25, -0.2) is 0 Å². The molecule has 0 bridgehead atoms. The minimum absolute atomic E-state index is 0.823. The average Bonchev–Trinajstić information content (AvgIpc) is 2.27. The quantitative estimate of drug-likeness (QED) is 0.731. The van der Waals surface area contributed by atoms with E-state index in [-0.39, 0.29) is 0 Å². The van der Waals surface area contributed by atoms with E-state index in [0.29, 0.717) is 0 Å². The van der Waals surface area contributed by atoms with Gasteiger partial charge >= 0.3 is 0 Å². The third-order valence-electron chi connectivity index (χ3n) is 2.52. The molecule has 0 spiro atoms. The van der Waals surface area contributed by atoms with Gasteiger partial charge in [0.1, 0.15) is 0 Å². The van der Waals surface area contributed by atoms with Gasteiger partial charge in [-0.15, -0.1) is 0 Å². The molecule has 16 heavy (non-hydrogen) atoms. The molecule has 2 rings (SSSR count). The Morgan fingerprint density at radius 1 is 1.06 bits per heavy atom. The highest BCUT2D eigenvalue weighted by Gasteiger charge is 2.02. The van der Waals surface area contributed by atoms with Gasteiger partial charge in [-0.2, -0.15) is 0 Å². The zero-order chi connectivity index (χ0) is 11.5. The van der Waals surface area contributed by atoms with Crippen LogP contribution in [0.4, 0.5) is 0 Å². The van der Waals surface area contributed by atoms with Crippen LogP contribution in [0.15, 0.2) is 46.9 Å². The molecule has 0 aromatic heterocycles. The smallest absolute Gasteiger partial charge is 0.0442 e. The van der Waals surface area contributed by atoms with E-state index in [4.69, 9.17) is 11.6 Å². The Labute approximate surface area is 109 Å². The van der Waals surface area contributed by atoms with Gasteiger partial charge in [0, 0.05) is 9.50 Å². The highest BCUT2D eigenvalue weighted by Crippen LogP contribution is 2.23. The van der Waals surface area contributed by atoms with E-state index in [0.717, 1.165) is 21.5 Å². The Balaban J connectivity index is 2.26. The molecule has 0 N–H and O–H groups in total. The molecule has 0 unspecified atom stereocenters. The summed E-state index contributed by atoms with van der Waals surface area (Å²) in [5.41, 5.74) is 3.72. The Morgan fingerprint density at radius 2 is 1.75 bits per heavy atom. The summed E-state index contributed by atoms with van der Waals surface area (Å²) in [6.07, 6.45) is 0.874. The van der Waals surface area contributed by atoms with Gasteiger partial charge in [0.15, 0.2) is 0 Å². The van der Waals surface area contributed by atoms with Crippen molar-refractivity contribution in [3.63, 3.8) is 0 Å². The van der Waals surface area contributed by atoms with E-state index < -0.39 is 0 Å². The summed E-state index contributed by atoms with van der Waals surface area (Å²) in [4.78, 5) is 0. The Morgan fingerprint density at radius 3 is 2.44 bits per heavy atom. The van der Waals surface area contributed by atoms with Crippen molar-refractivity contribution >= 4 is 27.5 Å². The van der Waals surface area contributed by atoms with Crippen molar-refractivity contribution in [1.82, 2.24) is 0 Å². The fourth-order valence-electron chi connectivity index (χ4n) is 1.60. The lowest BCUT2D eigenvalue weighted by Gasteiger charge is -2.05. The van der Waals surface area contributed by atoms with E-state index in [9.17, 15) is 0 Å². The predicted octanol–water partition coefficient (Wildman–Crippen LogP) is 5.00. The Bertz CT molecular complexity index is 489. The number of benzene rings is 2. The third-order valence-corrected chi connectivity index (χ3v) is 3.38. The van der Waals surface area contributed by atoms with E-state index in [1.165, 1.54) is 11.1 Å². The molecule has 0 aliphatic rings. The largest absolute Gasteiger partial charge is 0.0840 e. The maximum atomic E-state index is 6.16. The molecule has 2 aromatic rings. The highest BCUT2D eigenvalue weighted by atomic mass is 79.9. The molecule has 82 valence electrons. The highest BCUT2D eigenvalue weighted by molar-refractivity contribution is 9.10. The number of aryl methyl sites for hydroxylation is 1. The predicted molar refractivity (Wildman–Crippen MR) is 73.1 cm³/mol. The van der Waals surface area contributed by atoms with E-state index >= 15 is 0 Å².